The van der Waals surface area contributed by atoms with Crippen molar-refractivity contribution in [3.8, 4) is 17.6 Å². The van der Waals surface area contributed by atoms with E-state index in [4.69, 9.17) is 10.00 Å². The quantitative estimate of drug-likeness (QED) is 0.755. The minimum absolute atomic E-state index is 0.123. The van der Waals surface area contributed by atoms with Gasteiger partial charge in [0.1, 0.15) is 11.5 Å². The minimum atomic E-state index is -0.358. The highest BCUT2D eigenvalue weighted by molar-refractivity contribution is 5.96. The molecule has 1 amide bonds. The smallest absolute Gasteiger partial charge is 0.255 e. The van der Waals surface area contributed by atoms with Crippen LogP contribution in [0.1, 0.15) is 23.2 Å². The van der Waals surface area contributed by atoms with Crippen molar-refractivity contribution in [2.75, 3.05) is 13.7 Å². The molecule has 0 aliphatic rings. The topological polar surface area (TPSA) is 82.3 Å². The maximum Gasteiger partial charge on any atom is 0.255 e. The molecule has 0 atom stereocenters. The molecule has 0 aliphatic carbocycles. The Morgan fingerprint density at radius 1 is 1.59 bits per heavy atom. The second kappa shape index (κ2) is 6.38. The maximum atomic E-state index is 11.6. The molecule has 5 heteroatoms. The van der Waals surface area contributed by atoms with Crippen molar-refractivity contribution in [3.05, 3.63) is 23.8 Å². The van der Waals surface area contributed by atoms with Crippen molar-refractivity contribution in [3.63, 3.8) is 0 Å². The van der Waals surface area contributed by atoms with Crippen molar-refractivity contribution in [1.82, 2.24) is 5.32 Å². The molecule has 0 aromatic heterocycles. The number of nitriles is 1. The van der Waals surface area contributed by atoms with Gasteiger partial charge in [-0.25, -0.2) is 0 Å². The molecule has 0 fully saturated rings. The summed E-state index contributed by atoms with van der Waals surface area (Å²) in [5.74, 6) is 0.00811. The molecule has 90 valence electrons. The summed E-state index contributed by atoms with van der Waals surface area (Å²) in [6, 6.07) is 6.46. The molecule has 0 unspecified atom stereocenters. The normalized spacial score (nSPS) is 9.41. The van der Waals surface area contributed by atoms with E-state index in [2.05, 4.69) is 5.32 Å². The van der Waals surface area contributed by atoms with E-state index in [-0.39, 0.29) is 17.2 Å². The molecule has 0 saturated heterocycles. The van der Waals surface area contributed by atoms with Gasteiger partial charge in [-0.15, -0.1) is 0 Å². The number of nitrogens with one attached hydrogen (secondary N) is 1. The Morgan fingerprint density at radius 3 is 2.94 bits per heavy atom. The number of rotatable bonds is 5. The molecule has 0 radical (unpaired) electrons. The number of methoxy groups -OCH3 is 1. The summed E-state index contributed by atoms with van der Waals surface area (Å²) < 4.78 is 4.92. The molecule has 2 N–H and O–H groups in total. The van der Waals surface area contributed by atoms with Crippen LogP contribution in [0.25, 0.3) is 0 Å². The summed E-state index contributed by atoms with van der Waals surface area (Å²) in [5.41, 5.74) is 0.197. The number of benzene rings is 1. The highest BCUT2D eigenvalue weighted by Crippen LogP contribution is 2.23. The Kier molecular flexibility index (Phi) is 4.82. The summed E-state index contributed by atoms with van der Waals surface area (Å²) in [5, 5.41) is 20.6. The van der Waals surface area contributed by atoms with Gasteiger partial charge in [-0.2, -0.15) is 5.26 Å². The number of phenolic OH excluding ortho intramolecular Hbond substituents is 1. The molecule has 0 bridgehead atoms. The van der Waals surface area contributed by atoms with Gasteiger partial charge in [0.2, 0.25) is 0 Å². The number of carbonyl (C=O) groups is 1. The van der Waals surface area contributed by atoms with E-state index in [0.717, 1.165) is 0 Å². The van der Waals surface area contributed by atoms with Crippen molar-refractivity contribution in [1.29, 1.82) is 5.26 Å². The van der Waals surface area contributed by atoms with Crippen LogP contribution in [-0.4, -0.2) is 24.7 Å². The van der Waals surface area contributed by atoms with Crippen LogP contribution in [0, 0.1) is 11.3 Å². The molecule has 0 heterocycles. The predicted octanol–water partition coefficient (Wildman–Crippen LogP) is 1.43. The summed E-state index contributed by atoms with van der Waals surface area (Å²) in [4.78, 5) is 11.6. The average molecular weight is 234 g/mol. The summed E-state index contributed by atoms with van der Waals surface area (Å²) in [7, 11) is 1.48. The second-order valence-electron chi connectivity index (χ2n) is 3.40. The molecule has 0 aliphatic heterocycles. The standard InChI is InChI=1S/C12H14N2O3/c1-17-9-4-5-10(11(15)8-9)12(16)14-7-3-2-6-13/h4-5,8,15H,2-3,7H2,1H3,(H,14,16). The van der Waals surface area contributed by atoms with Gasteiger partial charge >= 0.3 is 0 Å². The van der Waals surface area contributed by atoms with Gasteiger partial charge in [0.25, 0.3) is 5.91 Å². The Balaban J connectivity index is 2.60. The number of unbranched alkanes of at least 4 members (excludes halogenated alkanes) is 1. The number of phenols is 1. The number of hydrogen-bond acceptors (Lipinski definition) is 4. The van der Waals surface area contributed by atoms with Crippen molar-refractivity contribution < 1.29 is 14.6 Å². The number of carbonyl (C=O) groups excluding carboxylic acids is 1. The number of hydrogen-bond donors (Lipinski definition) is 2. The fraction of sp³-hybridized carbons (Fsp3) is 0.333. The minimum Gasteiger partial charge on any atom is -0.507 e. The number of aromatic hydroxyl groups is 1. The van der Waals surface area contributed by atoms with Crippen LogP contribution in [-0.2, 0) is 0 Å². The lowest BCUT2D eigenvalue weighted by molar-refractivity contribution is 0.0950. The van der Waals surface area contributed by atoms with Crippen LogP contribution in [0.15, 0.2) is 18.2 Å². The van der Waals surface area contributed by atoms with Crippen molar-refractivity contribution in [2.45, 2.75) is 12.8 Å². The highest BCUT2D eigenvalue weighted by atomic mass is 16.5. The summed E-state index contributed by atoms with van der Waals surface area (Å²) in [6.07, 6.45) is 0.994. The lowest BCUT2D eigenvalue weighted by Gasteiger charge is -2.07. The molecular weight excluding hydrogens is 220 g/mol. The third kappa shape index (κ3) is 3.68. The van der Waals surface area contributed by atoms with E-state index in [1.54, 1.807) is 6.07 Å². The lowest BCUT2D eigenvalue weighted by Crippen LogP contribution is -2.24. The van der Waals surface area contributed by atoms with Gasteiger partial charge in [0, 0.05) is 19.0 Å². The molecule has 1 aromatic rings. The van der Waals surface area contributed by atoms with Crippen LogP contribution in [0.2, 0.25) is 0 Å². The number of ether oxygens (including phenoxy) is 1. The summed E-state index contributed by atoms with van der Waals surface area (Å²) >= 11 is 0. The zero-order valence-corrected chi connectivity index (χ0v) is 9.56. The lowest BCUT2D eigenvalue weighted by atomic mass is 10.1. The van der Waals surface area contributed by atoms with Gasteiger partial charge < -0.3 is 15.2 Å². The zero-order chi connectivity index (χ0) is 12.7. The summed E-state index contributed by atoms with van der Waals surface area (Å²) in [6.45, 7) is 0.415. The average Bonchev–Trinajstić information content (AvgIpc) is 2.34. The first-order valence-corrected chi connectivity index (χ1v) is 5.21. The van der Waals surface area contributed by atoms with E-state index in [1.165, 1.54) is 19.2 Å². The van der Waals surface area contributed by atoms with E-state index < -0.39 is 0 Å². The Bertz CT molecular complexity index is 438. The maximum absolute atomic E-state index is 11.6. The van der Waals surface area contributed by atoms with Gasteiger partial charge in [-0.05, 0) is 18.6 Å². The van der Waals surface area contributed by atoms with Crippen molar-refractivity contribution >= 4 is 5.91 Å². The van der Waals surface area contributed by atoms with Crippen LogP contribution in [0.5, 0.6) is 11.5 Å². The van der Waals surface area contributed by atoms with Crippen LogP contribution < -0.4 is 10.1 Å². The van der Waals surface area contributed by atoms with E-state index in [0.29, 0.717) is 25.1 Å². The van der Waals surface area contributed by atoms with Crippen molar-refractivity contribution in [2.24, 2.45) is 0 Å². The van der Waals surface area contributed by atoms with Crippen LogP contribution >= 0.6 is 0 Å². The molecule has 0 spiro atoms. The fourth-order valence-corrected chi connectivity index (χ4v) is 1.30. The van der Waals surface area contributed by atoms with Crippen LogP contribution in [0.3, 0.4) is 0 Å². The van der Waals surface area contributed by atoms with Crippen LogP contribution in [0.4, 0.5) is 0 Å². The Morgan fingerprint density at radius 2 is 2.35 bits per heavy atom. The Labute approximate surface area is 99.6 Å². The largest absolute Gasteiger partial charge is 0.507 e. The second-order valence-corrected chi connectivity index (χ2v) is 3.40. The molecule has 1 aromatic carbocycles. The highest BCUT2D eigenvalue weighted by Gasteiger charge is 2.10. The first kappa shape index (κ1) is 12.8. The van der Waals surface area contributed by atoms with Gasteiger partial charge in [0.15, 0.2) is 0 Å². The van der Waals surface area contributed by atoms with E-state index in [9.17, 15) is 9.90 Å². The third-order valence-corrected chi connectivity index (χ3v) is 2.20. The number of nitrogens with zero attached hydrogens (tertiary/aromatic N) is 1. The zero-order valence-electron chi connectivity index (χ0n) is 9.56. The van der Waals surface area contributed by atoms with E-state index >= 15 is 0 Å². The van der Waals surface area contributed by atoms with Gasteiger partial charge in [0.05, 0.1) is 18.7 Å². The SMILES string of the molecule is COc1ccc(C(=O)NCCCC#N)c(O)c1. The first-order valence-electron chi connectivity index (χ1n) is 5.21. The van der Waals surface area contributed by atoms with Gasteiger partial charge in [-0.3, -0.25) is 4.79 Å². The molecular formula is C12H14N2O3. The first-order chi connectivity index (χ1) is 8.19. The Hall–Kier alpha value is -2.22. The molecule has 0 saturated carbocycles. The monoisotopic (exact) mass is 234 g/mol. The van der Waals surface area contributed by atoms with Gasteiger partial charge in [-0.1, -0.05) is 0 Å². The molecule has 17 heavy (non-hydrogen) atoms. The molecule has 5 nitrogen and oxygen atoms in total. The molecule has 1 rings (SSSR count). The van der Waals surface area contributed by atoms with E-state index in [1.807, 2.05) is 6.07 Å². The third-order valence-electron chi connectivity index (χ3n) is 2.20. The fourth-order valence-electron chi connectivity index (χ4n) is 1.30. The number of amides is 1. The predicted molar refractivity (Wildman–Crippen MR) is 61.8 cm³/mol.